The van der Waals surface area contributed by atoms with E-state index in [-0.39, 0.29) is 18.9 Å². The van der Waals surface area contributed by atoms with Gasteiger partial charge in [0.05, 0.1) is 0 Å². The first kappa shape index (κ1) is 18.4. The molecule has 0 aromatic rings. The van der Waals surface area contributed by atoms with E-state index in [0.717, 1.165) is 25.7 Å². The van der Waals surface area contributed by atoms with E-state index in [1.54, 1.807) is 4.90 Å². The van der Waals surface area contributed by atoms with E-state index in [0.29, 0.717) is 25.6 Å². The highest BCUT2D eigenvalue weighted by molar-refractivity contribution is 5.68. The van der Waals surface area contributed by atoms with Crippen molar-refractivity contribution in [2.24, 2.45) is 17.1 Å². The highest BCUT2D eigenvalue weighted by atomic mass is 19.3. The number of nitrogens with zero attached hydrogens (tertiary/aromatic N) is 1. The standard InChI is InChI=1S/C17H30F2N2O2/c1-15(2,3)23-14(22)21-8-4-5-13(9-21)6-7-16(12-20)10-17(18,19)11-16/h13H,4-12,20H2,1-3H3. The minimum Gasteiger partial charge on any atom is -0.444 e. The van der Waals surface area contributed by atoms with Crippen molar-refractivity contribution in [2.75, 3.05) is 19.6 Å². The van der Waals surface area contributed by atoms with Crippen molar-refractivity contribution in [1.82, 2.24) is 4.90 Å². The summed E-state index contributed by atoms with van der Waals surface area (Å²) in [7, 11) is 0. The highest BCUT2D eigenvalue weighted by Crippen LogP contribution is 2.54. The zero-order valence-corrected chi connectivity index (χ0v) is 14.5. The zero-order chi connectivity index (χ0) is 17.3. The molecule has 4 nitrogen and oxygen atoms in total. The Morgan fingerprint density at radius 1 is 1.35 bits per heavy atom. The normalized spacial score (nSPS) is 26.5. The van der Waals surface area contributed by atoms with Gasteiger partial charge in [-0.2, -0.15) is 0 Å². The lowest BCUT2D eigenvalue weighted by molar-refractivity contribution is -0.161. The summed E-state index contributed by atoms with van der Waals surface area (Å²) in [5.41, 5.74) is 4.85. The van der Waals surface area contributed by atoms with Crippen molar-refractivity contribution in [3.05, 3.63) is 0 Å². The van der Waals surface area contributed by atoms with Gasteiger partial charge in [0.2, 0.25) is 5.92 Å². The fourth-order valence-electron chi connectivity index (χ4n) is 3.77. The molecule has 0 aromatic heterocycles. The molecule has 134 valence electrons. The summed E-state index contributed by atoms with van der Waals surface area (Å²) in [4.78, 5) is 13.9. The third-order valence-electron chi connectivity index (χ3n) is 4.95. The molecule has 6 heteroatoms. The molecule has 2 fully saturated rings. The van der Waals surface area contributed by atoms with E-state index < -0.39 is 16.9 Å². The van der Waals surface area contributed by atoms with Gasteiger partial charge in [-0.05, 0) is 64.3 Å². The molecular weight excluding hydrogens is 302 g/mol. The quantitative estimate of drug-likeness (QED) is 0.852. The second-order valence-electron chi connectivity index (χ2n) is 8.39. The lowest BCUT2D eigenvalue weighted by Crippen LogP contribution is -2.51. The number of hydrogen-bond donors (Lipinski definition) is 1. The number of carbonyl (C=O) groups excluding carboxylic acids is 1. The van der Waals surface area contributed by atoms with Crippen molar-refractivity contribution in [1.29, 1.82) is 0 Å². The van der Waals surface area contributed by atoms with Crippen LogP contribution in [0, 0.1) is 11.3 Å². The van der Waals surface area contributed by atoms with Crippen LogP contribution in [0.4, 0.5) is 13.6 Å². The van der Waals surface area contributed by atoms with E-state index in [4.69, 9.17) is 10.5 Å². The van der Waals surface area contributed by atoms with Crippen molar-refractivity contribution >= 4 is 6.09 Å². The van der Waals surface area contributed by atoms with Gasteiger partial charge in [0.15, 0.2) is 0 Å². The molecular formula is C17H30F2N2O2. The minimum absolute atomic E-state index is 0.0843. The number of nitrogens with two attached hydrogens (primary N) is 1. The van der Waals surface area contributed by atoms with E-state index in [1.165, 1.54) is 0 Å². The molecule has 2 rings (SSSR count). The molecule has 2 N–H and O–H groups in total. The topological polar surface area (TPSA) is 55.6 Å². The number of carbonyl (C=O) groups is 1. The molecule has 0 aromatic carbocycles. The van der Waals surface area contributed by atoms with Gasteiger partial charge in [0.1, 0.15) is 5.60 Å². The molecule has 0 spiro atoms. The molecule has 1 unspecified atom stereocenters. The smallest absolute Gasteiger partial charge is 0.410 e. The highest BCUT2D eigenvalue weighted by Gasteiger charge is 2.55. The van der Waals surface area contributed by atoms with Crippen LogP contribution in [0.1, 0.15) is 59.3 Å². The molecule has 1 heterocycles. The number of alkyl halides is 2. The Morgan fingerprint density at radius 3 is 2.52 bits per heavy atom. The summed E-state index contributed by atoms with van der Waals surface area (Å²) in [6, 6.07) is 0. The monoisotopic (exact) mass is 332 g/mol. The summed E-state index contributed by atoms with van der Waals surface area (Å²) in [5, 5.41) is 0. The minimum atomic E-state index is -2.53. The van der Waals surface area contributed by atoms with Gasteiger partial charge in [-0.3, -0.25) is 0 Å². The second-order valence-corrected chi connectivity index (χ2v) is 8.39. The summed E-state index contributed by atoms with van der Waals surface area (Å²) in [5.74, 6) is -2.18. The largest absolute Gasteiger partial charge is 0.444 e. The third-order valence-corrected chi connectivity index (χ3v) is 4.95. The van der Waals surface area contributed by atoms with Crippen LogP contribution >= 0.6 is 0 Å². The van der Waals surface area contributed by atoms with Crippen molar-refractivity contribution in [2.45, 2.75) is 70.8 Å². The maximum Gasteiger partial charge on any atom is 0.410 e. The van der Waals surface area contributed by atoms with Gasteiger partial charge in [0, 0.05) is 25.9 Å². The van der Waals surface area contributed by atoms with Crippen molar-refractivity contribution in [3.8, 4) is 0 Å². The van der Waals surface area contributed by atoms with Crippen LogP contribution in [0.3, 0.4) is 0 Å². The molecule has 1 saturated carbocycles. The van der Waals surface area contributed by atoms with E-state index in [1.807, 2.05) is 20.8 Å². The Kier molecular flexibility index (Phi) is 5.24. The number of piperidine rings is 1. The average molecular weight is 332 g/mol. The second kappa shape index (κ2) is 6.54. The fraction of sp³-hybridized carbons (Fsp3) is 0.941. The van der Waals surface area contributed by atoms with E-state index in [2.05, 4.69) is 0 Å². The van der Waals surface area contributed by atoms with Crippen LogP contribution in [0.2, 0.25) is 0 Å². The van der Waals surface area contributed by atoms with Gasteiger partial charge in [-0.25, -0.2) is 13.6 Å². The van der Waals surface area contributed by atoms with Crippen LogP contribution < -0.4 is 5.73 Å². The van der Waals surface area contributed by atoms with Gasteiger partial charge in [0.25, 0.3) is 0 Å². The van der Waals surface area contributed by atoms with Gasteiger partial charge >= 0.3 is 6.09 Å². The molecule has 1 saturated heterocycles. The summed E-state index contributed by atoms with van der Waals surface area (Å²) < 4.78 is 31.8. The summed E-state index contributed by atoms with van der Waals surface area (Å²) in [6.07, 6.45) is 3.12. The first-order valence-electron chi connectivity index (χ1n) is 8.60. The SMILES string of the molecule is CC(C)(C)OC(=O)N1CCCC(CCC2(CN)CC(F)(F)C2)C1. The van der Waals surface area contributed by atoms with Crippen LogP contribution in [0.5, 0.6) is 0 Å². The summed E-state index contributed by atoms with van der Waals surface area (Å²) >= 11 is 0. The summed E-state index contributed by atoms with van der Waals surface area (Å²) in [6.45, 7) is 7.26. The fourth-order valence-corrected chi connectivity index (χ4v) is 3.77. The lowest BCUT2D eigenvalue weighted by atomic mass is 9.62. The van der Waals surface area contributed by atoms with Crippen LogP contribution in [0.15, 0.2) is 0 Å². The Bertz CT molecular complexity index is 427. The Balaban J connectivity index is 1.81. The molecule has 0 radical (unpaired) electrons. The number of hydrogen-bond acceptors (Lipinski definition) is 3. The molecule has 1 atom stereocenters. The molecule has 1 aliphatic carbocycles. The number of halogens is 2. The zero-order valence-electron chi connectivity index (χ0n) is 14.5. The van der Waals surface area contributed by atoms with E-state index in [9.17, 15) is 13.6 Å². The Morgan fingerprint density at radius 2 is 2.00 bits per heavy atom. The third kappa shape index (κ3) is 5.03. The number of ether oxygens (including phenoxy) is 1. The maximum atomic E-state index is 13.2. The molecule has 1 amide bonds. The van der Waals surface area contributed by atoms with E-state index >= 15 is 0 Å². The van der Waals surface area contributed by atoms with Gasteiger partial charge < -0.3 is 15.4 Å². The van der Waals surface area contributed by atoms with Crippen LogP contribution in [-0.2, 0) is 4.74 Å². The lowest BCUT2D eigenvalue weighted by Gasteiger charge is -2.47. The van der Waals surface area contributed by atoms with Crippen LogP contribution in [-0.4, -0.2) is 42.2 Å². The maximum absolute atomic E-state index is 13.2. The van der Waals surface area contributed by atoms with Crippen molar-refractivity contribution < 1.29 is 18.3 Å². The Hall–Kier alpha value is -0.910. The Labute approximate surface area is 137 Å². The van der Waals surface area contributed by atoms with Crippen LogP contribution in [0.25, 0.3) is 0 Å². The molecule has 1 aliphatic heterocycles. The predicted octanol–water partition coefficient (Wildman–Crippen LogP) is 3.79. The predicted molar refractivity (Wildman–Crippen MR) is 85.4 cm³/mol. The average Bonchev–Trinajstić information content (AvgIpc) is 2.41. The number of likely N-dealkylation sites (tertiary alicyclic amines) is 1. The molecule has 2 aliphatic rings. The number of amides is 1. The first-order chi connectivity index (χ1) is 10.5. The first-order valence-corrected chi connectivity index (χ1v) is 8.60. The van der Waals surface area contributed by atoms with Crippen molar-refractivity contribution in [3.63, 3.8) is 0 Å². The number of rotatable bonds is 4. The molecule has 0 bridgehead atoms. The van der Waals surface area contributed by atoms with Gasteiger partial charge in [-0.15, -0.1) is 0 Å². The molecule has 23 heavy (non-hydrogen) atoms. The van der Waals surface area contributed by atoms with Gasteiger partial charge in [-0.1, -0.05) is 0 Å².